The Morgan fingerprint density at radius 3 is 3.10 bits per heavy atom. The number of anilines is 1. The van der Waals surface area contributed by atoms with Crippen LogP contribution in [0.1, 0.15) is 19.3 Å². The van der Waals surface area contributed by atoms with E-state index < -0.39 is 0 Å². The molecular formula is C16H21N3O. The number of rotatable bonds is 3. The summed E-state index contributed by atoms with van der Waals surface area (Å²) < 4.78 is 5.35. The summed E-state index contributed by atoms with van der Waals surface area (Å²) in [5.41, 5.74) is 2.23. The Morgan fingerprint density at radius 1 is 1.30 bits per heavy atom. The zero-order valence-electron chi connectivity index (χ0n) is 11.9. The Balaban J connectivity index is 1.70. The maximum atomic E-state index is 5.35. The van der Waals surface area contributed by atoms with Crippen LogP contribution in [0.5, 0.6) is 0 Å². The van der Waals surface area contributed by atoms with Crippen LogP contribution >= 0.6 is 0 Å². The predicted molar refractivity (Wildman–Crippen MR) is 80.7 cm³/mol. The van der Waals surface area contributed by atoms with Crippen molar-refractivity contribution in [2.24, 2.45) is 0 Å². The van der Waals surface area contributed by atoms with Crippen LogP contribution in [0.2, 0.25) is 0 Å². The zero-order valence-corrected chi connectivity index (χ0v) is 11.9. The lowest BCUT2D eigenvalue weighted by Gasteiger charge is -2.18. The molecule has 2 aromatic rings. The highest BCUT2D eigenvalue weighted by atomic mass is 16.3. The van der Waals surface area contributed by atoms with E-state index in [0.29, 0.717) is 6.04 Å². The van der Waals surface area contributed by atoms with E-state index in [1.54, 1.807) is 6.20 Å². The number of likely N-dealkylation sites (tertiary alicyclic amines) is 1. The molecule has 1 aliphatic rings. The summed E-state index contributed by atoms with van der Waals surface area (Å²) in [5, 5.41) is 3.66. The smallest absolute Gasteiger partial charge is 0.181 e. The second-order valence-corrected chi connectivity index (χ2v) is 5.52. The Bertz CT molecular complexity index is 538. The van der Waals surface area contributed by atoms with Gasteiger partial charge in [0.15, 0.2) is 12.2 Å². The molecule has 0 radical (unpaired) electrons. The fourth-order valence-electron chi connectivity index (χ4n) is 2.74. The Labute approximate surface area is 119 Å². The Morgan fingerprint density at radius 2 is 2.25 bits per heavy atom. The minimum atomic E-state index is 0.560. The maximum absolute atomic E-state index is 5.35. The molecule has 20 heavy (non-hydrogen) atoms. The number of nitrogens with zero attached hydrogens (tertiary/aromatic N) is 2. The van der Waals surface area contributed by atoms with E-state index in [2.05, 4.69) is 40.4 Å². The minimum absolute atomic E-state index is 0.560. The van der Waals surface area contributed by atoms with E-state index >= 15 is 0 Å². The number of hydrogen-bond donors (Lipinski definition) is 1. The van der Waals surface area contributed by atoms with Gasteiger partial charge in [0.05, 0.1) is 6.20 Å². The molecule has 0 bridgehead atoms. The molecule has 1 N–H and O–H groups in total. The quantitative estimate of drug-likeness (QED) is 0.930. The van der Waals surface area contributed by atoms with Crippen molar-refractivity contribution in [3.05, 3.63) is 36.9 Å². The second-order valence-electron chi connectivity index (χ2n) is 5.52. The molecule has 0 saturated carbocycles. The van der Waals surface area contributed by atoms with Crippen molar-refractivity contribution in [1.29, 1.82) is 0 Å². The van der Waals surface area contributed by atoms with E-state index in [1.807, 2.05) is 6.07 Å². The fraction of sp³-hybridized carbons (Fsp3) is 0.438. The van der Waals surface area contributed by atoms with Gasteiger partial charge in [0.2, 0.25) is 0 Å². The van der Waals surface area contributed by atoms with Gasteiger partial charge in [-0.1, -0.05) is 12.1 Å². The lowest BCUT2D eigenvalue weighted by Crippen LogP contribution is -2.22. The van der Waals surface area contributed by atoms with E-state index in [-0.39, 0.29) is 0 Å². The van der Waals surface area contributed by atoms with Gasteiger partial charge in [0, 0.05) is 17.3 Å². The predicted octanol–water partition coefficient (Wildman–Crippen LogP) is 3.24. The molecule has 0 aliphatic carbocycles. The number of benzene rings is 1. The van der Waals surface area contributed by atoms with Gasteiger partial charge in [-0.2, -0.15) is 0 Å². The van der Waals surface area contributed by atoms with Gasteiger partial charge in [-0.3, -0.25) is 0 Å². The normalized spacial score (nSPS) is 20.6. The van der Waals surface area contributed by atoms with Crippen molar-refractivity contribution >= 4 is 5.69 Å². The summed E-state index contributed by atoms with van der Waals surface area (Å²) in [4.78, 5) is 6.38. The van der Waals surface area contributed by atoms with Crippen molar-refractivity contribution in [3.63, 3.8) is 0 Å². The number of oxazole rings is 1. The molecule has 0 spiro atoms. The first-order valence-corrected chi connectivity index (χ1v) is 7.25. The van der Waals surface area contributed by atoms with Crippen molar-refractivity contribution in [2.75, 3.05) is 25.5 Å². The molecular weight excluding hydrogens is 250 g/mol. The molecule has 2 heterocycles. The van der Waals surface area contributed by atoms with Crippen molar-refractivity contribution in [3.8, 4) is 11.3 Å². The number of aromatic nitrogens is 1. The average molecular weight is 271 g/mol. The van der Waals surface area contributed by atoms with Gasteiger partial charge >= 0.3 is 0 Å². The van der Waals surface area contributed by atoms with Crippen LogP contribution < -0.4 is 5.32 Å². The molecule has 4 nitrogen and oxygen atoms in total. The molecule has 106 valence electrons. The van der Waals surface area contributed by atoms with Gasteiger partial charge in [-0.05, 0) is 51.5 Å². The van der Waals surface area contributed by atoms with Gasteiger partial charge < -0.3 is 14.6 Å². The summed E-state index contributed by atoms with van der Waals surface area (Å²) in [5.74, 6) is 0.814. The van der Waals surface area contributed by atoms with Crippen LogP contribution in [0.25, 0.3) is 11.3 Å². The highest BCUT2D eigenvalue weighted by molar-refractivity contribution is 5.63. The summed E-state index contributed by atoms with van der Waals surface area (Å²) >= 11 is 0. The summed E-state index contributed by atoms with van der Waals surface area (Å²) in [7, 11) is 2.20. The molecule has 1 aliphatic heterocycles. The lowest BCUT2D eigenvalue weighted by molar-refractivity contribution is 0.348. The second kappa shape index (κ2) is 6.09. The molecule has 1 unspecified atom stereocenters. The largest absolute Gasteiger partial charge is 0.444 e. The number of hydrogen-bond acceptors (Lipinski definition) is 4. The Kier molecular flexibility index (Phi) is 4.02. The lowest BCUT2D eigenvalue weighted by atomic mass is 10.1. The number of nitrogens with one attached hydrogen (secondary N) is 1. The van der Waals surface area contributed by atoms with Crippen LogP contribution in [-0.4, -0.2) is 36.1 Å². The first-order valence-electron chi connectivity index (χ1n) is 7.25. The maximum Gasteiger partial charge on any atom is 0.181 e. The standard InChI is InChI=1S/C16H21N3O/c1-19-8-3-6-14(7-9-19)18-15-5-2-4-13(10-15)16-11-17-12-20-16/h2,4-5,10-12,14,18H,3,6-9H2,1H3. The molecule has 4 heteroatoms. The Hall–Kier alpha value is -1.81. The third kappa shape index (κ3) is 3.20. The molecule has 3 rings (SSSR count). The van der Waals surface area contributed by atoms with Crippen LogP contribution in [-0.2, 0) is 0 Å². The highest BCUT2D eigenvalue weighted by Crippen LogP contribution is 2.23. The van der Waals surface area contributed by atoms with E-state index in [4.69, 9.17) is 4.42 Å². The summed E-state index contributed by atoms with van der Waals surface area (Å²) in [6.45, 7) is 2.37. The monoisotopic (exact) mass is 271 g/mol. The van der Waals surface area contributed by atoms with Gasteiger partial charge in [-0.15, -0.1) is 0 Å². The van der Waals surface area contributed by atoms with Gasteiger partial charge in [0.25, 0.3) is 0 Å². The van der Waals surface area contributed by atoms with Crippen LogP contribution in [0, 0.1) is 0 Å². The minimum Gasteiger partial charge on any atom is -0.444 e. The molecule has 1 atom stereocenters. The van der Waals surface area contributed by atoms with Crippen molar-refractivity contribution < 1.29 is 4.42 Å². The molecule has 1 aromatic carbocycles. The van der Waals surface area contributed by atoms with Crippen molar-refractivity contribution in [1.82, 2.24) is 9.88 Å². The first kappa shape index (κ1) is 13.2. The zero-order chi connectivity index (χ0) is 13.8. The average Bonchev–Trinajstić information content (AvgIpc) is 2.92. The first-order chi connectivity index (χ1) is 9.81. The fourth-order valence-corrected chi connectivity index (χ4v) is 2.74. The molecule has 1 aromatic heterocycles. The third-order valence-corrected chi connectivity index (χ3v) is 3.90. The molecule has 1 saturated heterocycles. The van der Waals surface area contributed by atoms with E-state index in [1.165, 1.54) is 38.7 Å². The SMILES string of the molecule is CN1CCCC(Nc2cccc(-c3cnco3)c2)CC1. The molecule has 1 fully saturated rings. The van der Waals surface area contributed by atoms with E-state index in [9.17, 15) is 0 Å². The molecule has 0 amide bonds. The van der Waals surface area contributed by atoms with E-state index in [0.717, 1.165) is 17.0 Å². The van der Waals surface area contributed by atoms with Gasteiger partial charge in [-0.25, -0.2) is 4.98 Å². The highest BCUT2D eigenvalue weighted by Gasteiger charge is 2.14. The van der Waals surface area contributed by atoms with Crippen LogP contribution in [0.15, 0.2) is 41.3 Å². The van der Waals surface area contributed by atoms with Gasteiger partial charge in [0.1, 0.15) is 0 Å². The summed E-state index contributed by atoms with van der Waals surface area (Å²) in [6, 6.07) is 8.92. The topological polar surface area (TPSA) is 41.3 Å². The van der Waals surface area contributed by atoms with Crippen molar-refractivity contribution in [2.45, 2.75) is 25.3 Å². The van der Waals surface area contributed by atoms with Crippen LogP contribution in [0.4, 0.5) is 5.69 Å². The third-order valence-electron chi connectivity index (χ3n) is 3.90. The summed E-state index contributed by atoms with van der Waals surface area (Å²) in [6.07, 6.45) is 6.91. The van der Waals surface area contributed by atoms with Crippen LogP contribution in [0.3, 0.4) is 0 Å².